The number of hydrogen-bond donors (Lipinski definition) is 1. The van der Waals surface area contributed by atoms with Gasteiger partial charge in [0.1, 0.15) is 4.83 Å². The number of carbonyl (C=O) groups is 4. The summed E-state index contributed by atoms with van der Waals surface area (Å²) in [5.74, 6) is -4.20. The zero-order valence-corrected chi connectivity index (χ0v) is 14.0. The van der Waals surface area contributed by atoms with Gasteiger partial charge in [-0.05, 0) is 17.7 Å². The second kappa shape index (κ2) is 7.73. The smallest absolute Gasteiger partial charge is 0.321 e. The van der Waals surface area contributed by atoms with Gasteiger partial charge in [0, 0.05) is 20.8 Å². The fourth-order valence-corrected chi connectivity index (χ4v) is 1.86. The zero-order chi connectivity index (χ0) is 17.7. The molecule has 0 saturated carbocycles. The molecule has 1 rings (SSSR count). The van der Waals surface area contributed by atoms with Crippen LogP contribution in [0.15, 0.2) is 12.1 Å². The number of alkyl halides is 1. The SMILES string of the molecule is CC(=O)Oc1cc(C(Br)C(=O)O)cc(OC(C)=O)c1OC(C)=O. The lowest BCUT2D eigenvalue weighted by Crippen LogP contribution is -2.12. The molecule has 0 aliphatic heterocycles. The fraction of sp³-hybridized carbons (Fsp3) is 0.286. The number of aliphatic carboxylic acids is 1. The van der Waals surface area contributed by atoms with E-state index in [0.29, 0.717) is 0 Å². The Morgan fingerprint density at radius 2 is 1.30 bits per heavy atom. The molecule has 1 unspecified atom stereocenters. The summed E-state index contributed by atoms with van der Waals surface area (Å²) >= 11 is 2.94. The molecule has 1 aromatic carbocycles. The van der Waals surface area contributed by atoms with Crippen LogP contribution in [0, 0.1) is 0 Å². The highest BCUT2D eigenvalue weighted by atomic mass is 79.9. The molecule has 0 bridgehead atoms. The van der Waals surface area contributed by atoms with Gasteiger partial charge in [0.05, 0.1) is 0 Å². The van der Waals surface area contributed by atoms with E-state index < -0.39 is 28.7 Å². The van der Waals surface area contributed by atoms with E-state index in [1.54, 1.807) is 0 Å². The normalized spacial score (nSPS) is 11.3. The third kappa shape index (κ3) is 5.37. The van der Waals surface area contributed by atoms with Crippen molar-refractivity contribution >= 4 is 39.8 Å². The molecule has 0 spiro atoms. The first-order valence-corrected chi connectivity index (χ1v) is 7.13. The number of ether oxygens (including phenoxy) is 3. The average Bonchev–Trinajstić information content (AvgIpc) is 2.39. The van der Waals surface area contributed by atoms with Crippen molar-refractivity contribution in [1.82, 2.24) is 0 Å². The van der Waals surface area contributed by atoms with E-state index in [0.717, 1.165) is 20.8 Å². The van der Waals surface area contributed by atoms with Crippen LogP contribution in [0.25, 0.3) is 0 Å². The fourth-order valence-electron chi connectivity index (χ4n) is 1.59. The largest absolute Gasteiger partial charge is 0.480 e. The molecule has 1 atom stereocenters. The van der Waals surface area contributed by atoms with E-state index in [1.807, 2.05) is 0 Å². The Hall–Kier alpha value is -2.42. The van der Waals surface area contributed by atoms with Gasteiger partial charge in [0.25, 0.3) is 0 Å². The first kappa shape index (κ1) is 18.6. The van der Waals surface area contributed by atoms with Crippen molar-refractivity contribution in [3.05, 3.63) is 17.7 Å². The van der Waals surface area contributed by atoms with Crippen LogP contribution >= 0.6 is 15.9 Å². The second-order valence-corrected chi connectivity index (χ2v) is 5.24. The highest BCUT2D eigenvalue weighted by molar-refractivity contribution is 9.09. The van der Waals surface area contributed by atoms with Crippen LogP contribution in [0.4, 0.5) is 0 Å². The molecule has 0 fully saturated rings. The van der Waals surface area contributed by atoms with Crippen molar-refractivity contribution < 1.29 is 38.5 Å². The van der Waals surface area contributed by atoms with E-state index in [2.05, 4.69) is 15.9 Å². The van der Waals surface area contributed by atoms with Gasteiger partial charge in [0.2, 0.25) is 5.75 Å². The highest BCUT2D eigenvalue weighted by Gasteiger charge is 2.24. The molecule has 23 heavy (non-hydrogen) atoms. The molecule has 0 aromatic heterocycles. The van der Waals surface area contributed by atoms with Crippen molar-refractivity contribution in [3.63, 3.8) is 0 Å². The standard InChI is InChI=1S/C14H13BrO8/c1-6(16)21-10-4-9(12(15)14(19)20)5-11(22-7(2)17)13(10)23-8(3)18/h4-5,12H,1-3H3,(H,19,20). The van der Waals surface area contributed by atoms with Gasteiger partial charge in [-0.3, -0.25) is 19.2 Å². The lowest BCUT2D eigenvalue weighted by molar-refractivity contribution is -0.136. The van der Waals surface area contributed by atoms with Crippen LogP contribution in [-0.2, 0) is 19.2 Å². The number of carboxylic acid groups (broad SMARTS) is 1. The van der Waals surface area contributed by atoms with Gasteiger partial charge in [-0.1, -0.05) is 15.9 Å². The van der Waals surface area contributed by atoms with Crippen molar-refractivity contribution in [3.8, 4) is 17.2 Å². The van der Waals surface area contributed by atoms with E-state index >= 15 is 0 Å². The zero-order valence-electron chi connectivity index (χ0n) is 12.4. The van der Waals surface area contributed by atoms with Crippen molar-refractivity contribution in [1.29, 1.82) is 0 Å². The molecule has 9 heteroatoms. The third-order valence-corrected chi connectivity index (χ3v) is 3.23. The Morgan fingerprint density at radius 3 is 1.61 bits per heavy atom. The average molecular weight is 389 g/mol. The Kier molecular flexibility index (Phi) is 6.26. The summed E-state index contributed by atoms with van der Waals surface area (Å²) in [4.78, 5) is 43.5. The topological polar surface area (TPSA) is 116 Å². The minimum atomic E-state index is -1.22. The van der Waals surface area contributed by atoms with Crippen LogP contribution in [-0.4, -0.2) is 29.0 Å². The molecule has 8 nitrogen and oxygen atoms in total. The summed E-state index contributed by atoms with van der Waals surface area (Å²) in [6, 6.07) is 2.39. The lowest BCUT2D eigenvalue weighted by Gasteiger charge is -2.16. The van der Waals surface area contributed by atoms with Gasteiger partial charge < -0.3 is 19.3 Å². The summed E-state index contributed by atoms with van der Waals surface area (Å²) in [6.07, 6.45) is 0. The number of carbonyl (C=O) groups excluding carboxylic acids is 3. The monoisotopic (exact) mass is 388 g/mol. The molecule has 0 radical (unpaired) electrons. The summed E-state index contributed by atoms with van der Waals surface area (Å²) < 4.78 is 14.8. The predicted octanol–water partition coefficient (Wildman–Crippen LogP) is 1.98. The quantitative estimate of drug-likeness (QED) is 0.462. The van der Waals surface area contributed by atoms with Crippen molar-refractivity contribution in [2.75, 3.05) is 0 Å². The molecule has 0 heterocycles. The minimum Gasteiger partial charge on any atom is -0.480 e. The molecule has 0 aliphatic carbocycles. The van der Waals surface area contributed by atoms with E-state index in [-0.39, 0.29) is 22.8 Å². The number of esters is 3. The van der Waals surface area contributed by atoms with Gasteiger partial charge in [0.15, 0.2) is 11.5 Å². The Labute approximate surface area is 139 Å². The molecular formula is C14H13BrO8. The van der Waals surface area contributed by atoms with E-state index in [4.69, 9.17) is 19.3 Å². The summed E-state index contributed by atoms with van der Waals surface area (Å²) in [5, 5.41) is 9.05. The minimum absolute atomic E-state index is 0.126. The van der Waals surface area contributed by atoms with E-state index in [1.165, 1.54) is 12.1 Å². The van der Waals surface area contributed by atoms with Gasteiger partial charge in [-0.2, -0.15) is 0 Å². The molecule has 0 aliphatic rings. The number of benzene rings is 1. The number of hydrogen-bond acceptors (Lipinski definition) is 7. The maximum atomic E-state index is 11.2. The van der Waals surface area contributed by atoms with Crippen LogP contribution in [0.2, 0.25) is 0 Å². The molecule has 0 amide bonds. The van der Waals surface area contributed by atoms with Crippen molar-refractivity contribution in [2.24, 2.45) is 0 Å². The van der Waals surface area contributed by atoms with Gasteiger partial charge in [-0.15, -0.1) is 0 Å². The number of carboxylic acids is 1. The summed E-state index contributed by atoms with van der Waals surface area (Å²) in [6.45, 7) is 3.32. The molecule has 124 valence electrons. The predicted molar refractivity (Wildman–Crippen MR) is 79.7 cm³/mol. The number of rotatable bonds is 5. The molecule has 0 saturated heterocycles. The lowest BCUT2D eigenvalue weighted by atomic mass is 10.1. The van der Waals surface area contributed by atoms with Crippen LogP contribution in [0.3, 0.4) is 0 Å². The molecular weight excluding hydrogens is 376 g/mol. The second-order valence-electron chi connectivity index (χ2n) is 4.33. The van der Waals surface area contributed by atoms with Crippen molar-refractivity contribution in [2.45, 2.75) is 25.6 Å². The van der Waals surface area contributed by atoms with Crippen LogP contribution < -0.4 is 14.2 Å². The van der Waals surface area contributed by atoms with Gasteiger partial charge in [-0.25, -0.2) is 0 Å². The summed E-state index contributed by atoms with van der Waals surface area (Å²) in [5.41, 5.74) is 0.126. The maximum absolute atomic E-state index is 11.2. The Bertz CT molecular complexity index is 630. The van der Waals surface area contributed by atoms with E-state index in [9.17, 15) is 19.2 Å². The first-order chi connectivity index (χ1) is 10.6. The summed E-state index contributed by atoms with van der Waals surface area (Å²) in [7, 11) is 0. The first-order valence-electron chi connectivity index (χ1n) is 6.22. The Balaban J connectivity index is 3.54. The Morgan fingerprint density at radius 1 is 0.913 bits per heavy atom. The molecule has 1 aromatic rings. The van der Waals surface area contributed by atoms with Crippen LogP contribution in [0.5, 0.6) is 17.2 Å². The molecule has 1 N–H and O–H groups in total. The highest BCUT2D eigenvalue weighted by Crippen LogP contribution is 2.42. The van der Waals surface area contributed by atoms with Gasteiger partial charge >= 0.3 is 23.9 Å². The third-order valence-electron chi connectivity index (χ3n) is 2.31. The number of halogens is 1. The maximum Gasteiger partial charge on any atom is 0.321 e. The van der Waals surface area contributed by atoms with Crippen LogP contribution in [0.1, 0.15) is 31.2 Å².